The predicted molar refractivity (Wildman–Crippen MR) is 115 cm³/mol. The van der Waals surface area contributed by atoms with Gasteiger partial charge in [0.2, 0.25) is 0 Å². The van der Waals surface area contributed by atoms with E-state index in [4.69, 9.17) is 4.74 Å². The molecule has 1 N–H and O–H groups in total. The van der Waals surface area contributed by atoms with Crippen LogP contribution in [0, 0.1) is 5.92 Å². The summed E-state index contributed by atoms with van der Waals surface area (Å²) in [5, 5.41) is 2.73. The number of amides is 1. The van der Waals surface area contributed by atoms with Crippen LogP contribution in [-0.4, -0.2) is 42.0 Å². The lowest BCUT2D eigenvalue weighted by Crippen LogP contribution is -2.32. The van der Waals surface area contributed by atoms with Crippen molar-refractivity contribution in [2.24, 2.45) is 5.92 Å². The van der Waals surface area contributed by atoms with Gasteiger partial charge in [0, 0.05) is 30.7 Å². The Morgan fingerprint density at radius 2 is 1.76 bits per heavy atom. The van der Waals surface area contributed by atoms with Gasteiger partial charge in [0.05, 0.1) is 21.3 Å². The van der Waals surface area contributed by atoms with E-state index in [2.05, 4.69) is 17.1 Å². The second kappa shape index (κ2) is 9.69. The summed E-state index contributed by atoms with van der Waals surface area (Å²) in [5.74, 6) is -0.314. The van der Waals surface area contributed by atoms with Crippen molar-refractivity contribution >= 4 is 34.1 Å². The topological polar surface area (TPSA) is 75.7 Å². The van der Waals surface area contributed by atoms with Crippen molar-refractivity contribution in [3.63, 3.8) is 0 Å². The van der Waals surface area contributed by atoms with Crippen LogP contribution in [0.3, 0.4) is 0 Å². The average molecular weight is 415 g/mol. The average Bonchev–Trinajstić information content (AvgIpc) is 2.73. The van der Waals surface area contributed by atoms with Crippen molar-refractivity contribution in [2.45, 2.75) is 24.7 Å². The maximum atomic E-state index is 12.2. The monoisotopic (exact) mass is 414 g/mol. The van der Waals surface area contributed by atoms with E-state index in [1.165, 1.54) is 25.2 Å². The minimum absolute atomic E-state index is 0.210. The van der Waals surface area contributed by atoms with Crippen LogP contribution >= 0.6 is 0 Å². The van der Waals surface area contributed by atoms with Crippen LogP contribution in [0.15, 0.2) is 53.4 Å². The van der Waals surface area contributed by atoms with E-state index in [-0.39, 0.29) is 5.56 Å². The number of hydrogen-bond acceptors (Lipinski definition) is 5. The van der Waals surface area contributed by atoms with E-state index in [0.29, 0.717) is 10.6 Å². The fraction of sp³-hybridized carbons (Fsp3) is 0.364. The van der Waals surface area contributed by atoms with Gasteiger partial charge in [-0.3, -0.25) is 9.00 Å². The summed E-state index contributed by atoms with van der Waals surface area (Å²) in [6.45, 7) is 3.97. The van der Waals surface area contributed by atoms with Crippen molar-refractivity contribution < 1.29 is 18.5 Å². The lowest BCUT2D eigenvalue weighted by molar-refractivity contribution is -0.119. The molecular formula is C22H26N2O4S. The van der Waals surface area contributed by atoms with Crippen molar-refractivity contribution in [3.8, 4) is 0 Å². The number of carbonyl (C=O) groups excluding carboxylic acids is 2. The molecule has 0 saturated carbocycles. The Morgan fingerprint density at radius 3 is 2.41 bits per heavy atom. The van der Waals surface area contributed by atoms with E-state index in [9.17, 15) is 13.8 Å². The highest BCUT2D eigenvalue weighted by atomic mass is 32.2. The van der Waals surface area contributed by atoms with E-state index >= 15 is 0 Å². The second-order valence-electron chi connectivity index (χ2n) is 7.29. The summed E-state index contributed by atoms with van der Waals surface area (Å²) >= 11 is 0. The van der Waals surface area contributed by atoms with E-state index in [1.54, 1.807) is 18.2 Å². The molecule has 1 fully saturated rings. The first-order chi connectivity index (χ1) is 13.9. The van der Waals surface area contributed by atoms with E-state index < -0.39 is 29.3 Å². The molecule has 1 aliphatic heterocycles. The van der Waals surface area contributed by atoms with Crippen LogP contribution < -0.4 is 10.2 Å². The molecule has 7 heteroatoms. The Labute approximate surface area is 173 Å². The molecule has 0 unspecified atom stereocenters. The Hall–Kier alpha value is -2.67. The number of benzene rings is 2. The summed E-state index contributed by atoms with van der Waals surface area (Å²) in [5.41, 5.74) is 2.00. The van der Waals surface area contributed by atoms with Gasteiger partial charge in [0.15, 0.2) is 6.61 Å². The summed E-state index contributed by atoms with van der Waals surface area (Å²) in [7, 11) is -1.32. The van der Waals surface area contributed by atoms with Gasteiger partial charge in [-0.15, -0.1) is 0 Å². The van der Waals surface area contributed by atoms with Gasteiger partial charge in [-0.1, -0.05) is 19.1 Å². The molecule has 6 nitrogen and oxygen atoms in total. The normalized spacial score (nSPS) is 15.6. The molecular weight excluding hydrogens is 388 g/mol. The molecule has 0 spiro atoms. The highest BCUT2D eigenvalue weighted by molar-refractivity contribution is 7.84. The number of nitrogens with one attached hydrogen (secondary N) is 1. The van der Waals surface area contributed by atoms with E-state index in [0.717, 1.165) is 24.7 Å². The third-order valence-corrected chi connectivity index (χ3v) is 6.03. The van der Waals surface area contributed by atoms with Crippen molar-refractivity contribution in [1.29, 1.82) is 0 Å². The maximum absolute atomic E-state index is 12.2. The van der Waals surface area contributed by atoms with Crippen LogP contribution in [0.2, 0.25) is 0 Å². The molecule has 0 aromatic heterocycles. The molecule has 29 heavy (non-hydrogen) atoms. The molecule has 2 aromatic rings. The molecule has 0 bridgehead atoms. The zero-order valence-corrected chi connectivity index (χ0v) is 17.5. The predicted octanol–water partition coefficient (Wildman–Crippen LogP) is 3.46. The number of carbonyl (C=O) groups is 2. The van der Waals surface area contributed by atoms with Gasteiger partial charge in [0.1, 0.15) is 0 Å². The third-order valence-electron chi connectivity index (χ3n) is 5.05. The van der Waals surface area contributed by atoms with Crippen LogP contribution in [-0.2, 0) is 20.3 Å². The quantitative estimate of drug-likeness (QED) is 0.733. The fourth-order valence-corrected chi connectivity index (χ4v) is 4.05. The molecule has 1 heterocycles. The number of nitrogens with zero attached hydrogens (tertiary/aromatic N) is 1. The molecule has 1 aliphatic rings. The Balaban J connectivity index is 1.52. The molecule has 1 amide bonds. The number of hydrogen-bond donors (Lipinski definition) is 1. The number of ether oxygens (including phenoxy) is 1. The molecule has 2 aromatic carbocycles. The molecule has 154 valence electrons. The summed E-state index contributed by atoms with van der Waals surface area (Å²) < 4.78 is 16.8. The van der Waals surface area contributed by atoms with E-state index in [1.807, 2.05) is 24.3 Å². The standard InChI is InChI=1S/C22H26N2O4S/c1-16-11-13-24(14-12-16)18-9-7-17(8-10-18)23-21(25)15-28-22(26)19-5-3-4-6-20(19)29(2)27/h3-10,16H,11-15H2,1-2H3,(H,23,25)/t29-/m1/s1. The minimum atomic E-state index is -1.32. The minimum Gasteiger partial charge on any atom is -0.452 e. The first-order valence-electron chi connectivity index (χ1n) is 9.68. The largest absolute Gasteiger partial charge is 0.452 e. The molecule has 0 radical (unpaired) electrons. The zero-order valence-electron chi connectivity index (χ0n) is 16.7. The molecule has 1 atom stereocenters. The Kier molecular flexibility index (Phi) is 7.04. The Bertz CT molecular complexity index is 890. The van der Waals surface area contributed by atoms with Gasteiger partial charge >= 0.3 is 5.97 Å². The summed E-state index contributed by atoms with van der Waals surface area (Å²) in [4.78, 5) is 27.1. The molecule has 3 rings (SSSR count). The van der Waals surface area contributed by atoms with Crippen LogP contribution in [0.4, 0.5) is 11.4 Å². The molecule has 0 aliphatic carbocycles. The van der Waals surface area contributed by atoms with Gasteiger partial charge in [0.25, 0.3) is 5.91 Å². The van der Waals surface area contributed by atoms with Crippen molar-refractivity contribution in [2.75, 3.05) is 36.2 Å². The number of esters is 1. The highest BCUT2D eigenvalue weighted by Gasteiger charge is 2.17. The Morgan fingerprint density at radius 1 is 1.10 bits per heavy atom. The smallest absolute Gasteiger partial charge is 0.339 e. The lowest BCUT2D eigenvalue weighted by atomic mass is 9.99. The van der Waals surface area contributed by atoms with Crippen molar-refractivity contribution in [3.05, 3.63) is 54.1 Å². The van der Waals surface area contributed by atoms with Crippen LogP contribution in [0.1, 0.15) is 30.1 Å². The lowest BCUT2D eigenvalue weighted by Gasteiger charge is -2.32. The number of piperidine rings is 1. The summed E-state index contributed by atoms with van der Waals surface area (Å²) in [6.07, 6.45) is 3.88. The zero-order chi connectivity index (χ0) is 20.8. The van der Waals surface area contributed by atoms with Gasteiger partial charge in [-0.05, 0) is 55.2 Å². The molecule has 1 saturated heterocycles. The fourth-order valence-electron chi connectivity index (χ4n) is 3.31. The van der Waals surface area contributed by atoms with Crippen LogP contribution in [0.5, 0.6) is 0 Å². The SMILES string of the molecule is CC1CCN(c2ccc(NC(=O)COC(=O)c3ccccc3[S@@](C)=O)cc2)CC1. The first kappa shape index (κ1) is 21.0. The van der Waals surface area contributed by atoms with Crippen molar-refractivity contribution in [1.82, 2.24) is 0 Å². The third kappa shape index (κ3) is 5.67. The van der Waals surface area contributed by atoms with Crippen LogP contribution in [0.25, 0.3) is 0 Å². The second-order valence-corrected chi connectivity index (χ2v) is 8.64. The van der Waals surface area contributed by atoms with Gasteiger partial charge < -0.3 is 15.0 Å². The van der Waals surface area contributed by atoms with Gasteiger partial charge in [-0.25, -0.2) is 4.79 Å². The summed E-state index contributed by atoms with van der Waals surface area (Å²) in [6, 6.07) is 14.2. The van der Waals surface area contributed by atoms with Gasteiger partial charge in [-0.2, -0.15) is 0 Å². The maximum Gasteiger partial charge on any atom is 0.339 e. The number of anilines is 2. The highest BCUT2D eigenvalue weighted by Crippen LogP contribution is 2.24. The first-order valence-corrected chi connectivity index (χ1v) is 11.2. The number of rotatable bonds is 6.